The van der Waals surface area contributed by atoms with Crippen LogP contribution in [0.4, 0.5) is 10.1 Å². The zero-order valence-electron chi connectivity index (χ0n) is 7.51. The van der Waals surface area contributed by atoms with E-state index in [9.17, 15) is 9.18 Å². The third-order valence-corrected chi connectivity index (χ3v) is 1.89. The quantitative estimate of drug-likeness (QED) is 0.724. The molecule has 0 amide bonds. The molecule has 0 heterocycles. The van der Waals surface area contributed by atoms with E-state index in [2.05, 4.69) is 0 Å². The van der Waals surface area contributed by atoms with E-state index in [1.807, 2.05) is 0 Å². The van der Waals surface area contributed by atoms with Gasteiger partial charge in [-0.2, -0.15) is 0 Å². The third kappa shape index (κ3) is 2.54. The van der Waals surface area contributed by atoms with Crippen LogP contribution in [-0.4, -0.2) is 5.78 Å². The van der Waals surface area contributed by atoms with Crippen LogP contribution >= 0.6 is 0 Å². The van der Waals surface area contributed by atoms with Crippen molar-refractivity contribution in [2.45, 2.75) is 19.8 Å². The minimum atomic E-state index is -0.370. The number of hydrogen-bond donors (Lipinski definition) is 1. The number of anilines is 1. The van der Waals surface area contributed by atoms with Crippen LogP contribution in [0.3, 0.4) is 0 Å². The molecule has 1 rings (SSSR count). The summed E-state index contributed by atoms with van der Waals surface area (Å²) in [6, 6.07) is 4.10. The highest BCUT2D eigenvalue weighted by Crippen LogP contribution is 2.14. The number of carbonyl (C=O) groups excluding carboxylic acids is 1. The molecule has 13 heavy (non-hydrogen) atoms. The van der Waals surface area contributed by atoms with Crippen molar-refractivity contribution < 1.29 is 9.18 Å². The normalized spacial score (nSPS) is 10.0. The van der Waals surface area contributed by atoms with E-state index < -0.39 is 0 Å². The van der Waals surface area contributed by atoms with Crippen LogP contribution in [0.2, 0.25) is 0 Å². The van der Waals surface area contributed by atoms with Gasteiger partial charge in [-0.15, -0.1) is 0 Å². The fraction of sp³-hybridized carbons (Fsp3) is 0.300. The Labute approximate surface area is 76.6 Å². The molecule has 0 unspecified atom stereocenters. The summed E-state index contributed by atoms with van der Waals surface area (Å²) < 4.78 is 12.6. The van der Waals surface area contributed by atoms with Crippen molar-refractivity contribution in [1.82, 2.24) is 0 Å². The lowest BCUT2D eigenvalue weighted by atomic mass is 10.1. The summed E-state index contributed by atoms with van der Waals surface area (Å²) in [5, 5.41) is 0. The minimum absolute atomic E-state index is 0.110. The van der Waals surface area contributed by atoms with Crippen LogP contribution in [0.15, 0.2) is 18.2 Å². The predicted molar refractivity (Wildman–Crippen MR) is 49.8 cm³/mol. The smallest absolute Gasteiger partial charge is 0.137 e. The molecule has 70 valence electrons. The lowest BCUT2D eigenvalue weighted by Gasteiger charge is -2.03. The van der Waals surface area contributed by atoms with Crippen LogP contribution < -0.4 is 5.73 Å². The molecule has 0 saturated carbocycles. The van der Waals surface area contributed by atoms with Gasteiger partial charge in [0.25, 0.3) is 0 Å². The molecular weight excluding hydrogens is 169 g/mol. The zero-order chi connectivity index (χ0) is 9.84. The molecule has 0 radical (unpaired) electrons. The number of Topliss-reactive ketones (excluding diaryl/α,β-unsaturated/α-hetero) is 1. The standard InChI is InChI=1S/C10H12FNO/c1-2-9(13)5-7-3-4-8(11)6-10(7)12/h3-4,6H,2,5,12H2,1H3. The summed E-state index contributed by atoms with van der Waals surface area (Å²) >= 11 is 0. The lowest BCUT2D eigenvalue weighted by molar-refractivity contribution is -0.118. The molecule has 0 saturated heterocycles. The minimum Gasteiger partial charge on any atom is -0.398 e. The van der Waals surface area contributed by atoms with Gasteiger partial charge < -0.3 is 5.73 Å². The second kappa shape index (κ2) is 4.03. The molecule has 0 bridgehead atoms. The average molecular weight is 181 g/mol. The highest BCUT2D eigenvalue weighted by atomic mass is 19.1. The number of nitrogens with two attached hydrogens (primary N) is 1. The molecule has 0 atom stereocenters. The Morgan fingerprint density at radius 1 is 1.54 bits per heavy atom. The Morgan fingerprint density at radius 3 is 2.77 bits per heavy atom. The predicted octanol–water partition coefficient (Wildman–Crippen LogP) is 1.93. The van der Waals surface area contributed by atoms with E-state index in [4.69, 9.17) is 5.73 Å². The zero-order valence-corrected chi connectivity index (χ0v) is 7.51. The summed E-state index contributed by atoms with van der Waals surface area (Å²) in [5.74, 6) is -0.261. The van der Waals surface area contributed by atoms with Gasteiger partial charge in [-0.3, -0.25) is 4.79 Å². The van der Waals surface area contributed by atoms with Crippen LogP contribution in [0.25, 0.3) is 0 Å². The first-order valence-corrected chi connectivity index (χ1v) is 4.19. The van der Waals surface area contributed by atoms with Gasteiger partial charge in [0.05, 0.1) is 0 Å². The summed E-state index contributed by atoms with van der Waals surface area (Å²) in [5.41, 5.74) is 6.58. The van der Waals surface area contributed by atoms with Gasteiger partial charge in [-0.1, -0.05) is 13.0 Å². The van der Waals surface area contributed by atoms with Crippen LogP contribution in [0.1, 0.15) is 18.9 Å². The van der Waals surface area contributed by atoms with Gasteiger partial charge in [0.2, 0.25) is 0 Å². The number of rotatable bonds is 3. The average Bonchev–Trinajstić information content (AvgIpc) is 2.09. The number of hydrogen-bond acceptors (Lipinski definition) is 2. The highest BCUT2D eigenvalue weighted by molar-refractivity contribution is 5.81. The molecule has 0 aromatic heterocycles. The number of ketones is 1. The topological polar surface area (TPSA) is 43.1 Å². The first kappa shape index (κ1) is 9.71. The van der Waals surface area contributed by atoms with Gasteiger partial charge >= 0.3 is 0 Å². The molecular formula is C10H12FNO. The van der Waals surface area contributed by atoms with Crippen molar-refractivity contribution in [3.8, 4) is 0 Å². The largest absolute Gasteiger partial charge is 0.398 e. The van der Waals surface area contributed by atoms with Crippen molar-refractivity contribution >= 4 is 11.5 Å². The van der Waals surface area contributed by atoms with Gasteiger partial charge in [0.15, 0.2) is 0 Å². The van der Waals surface area contributed by atoms with E-state index >= 15 is 0 Å². The highest BCUT2D eigenvalue weighted by Gasteiger charge is 2.04. The summed E-state index contributed by atoms with van der Waals surface area (Å²) in [7, 11) is 0. The fourth-order valence-electron chi connectivity index (χ4n) is 1.06. The van der Waals surface area contributed by atoms with E-state index in [1.165, 1.54) is 12.1 Å². The van der Waals surface area contributed by atoms with Gasteiger partial charge in [-0.25, -0.2) is 4.39 Å². The van der Waals surface area contributed by atoms with Crippen LogP contribution in [0.5, 0.6) is 0 Å². The Kier molecular flexibility index (Phi) is 3.01. The Hall–Kier alpha value is -1.38. The molecule has 0 aliphatic carbocycles. The van der Waals surface area contributed by atoms with E-state index in [-0.39, 0.29) is 11.6 Å². The second-order valence-corrected chi connectivity index (χ2v) is 2.91. The first-order valence-electron chi connectivity index (χ1n) is 4.19. The van der Waals surface area contributed by atoms with Crippen molar-refractivity contribution in [2.24, 2.45) is 0 Å². The maximum atomic E-state index is 12.6. The number of carbonyl (C=O) groups is 1. The number of halogens is 1. The van der Waals surface area contributed by atoms with E-state index in [0.29, 0.717) is 24.1 Å². The van der Waals surface area contributed by atoms with E-state index in [1.54, 1.807) is 13.0 Å². The maximum absolute atomic E-state index is 12.6. The van der Waals surface area contributed by atoms with Gasteiger partial charge in [-0.05, 0) is 17.7 Å². The first-order chi connectivity index (χ1) is 6.13. The Morgan fingerprint density at radius 2 is 2.23 bits per heavy atom. The van der Waals surface area contributed by atoms with Crippen LogP contribution in [-0.2, 0) is 11.2 Å². The van der Waals surface area contributed by atoms with E-state index in [0.717, 1.165) is 0 Å². The number of benzene rings is 1. The van der Waals surface area contributed by atoms with Gasteiger partial charge in [0.1, 0.15) is 11.6 Å². The molecule has 1 aromatic carbocycles. The molecule has 0 spiro atoms. The number of nitrogen functional groups attached to an aromatic ring is 1. The molecule has 0 aliphatic heterocycles. The van der Waals surface area contributed by atoms with Crippen LogP contribution in [0, 0.1) is 5.82 Å². The molecule has 2 N–H and O–H groups in total. The van der Waals surface area contributed by atoms with Crippen molar-refractivity contribution in [2.75, 3.05) is 5.73 Å². The Balaban J connectivity index is 2.83. The molecule has 0 aliphatic rings. The maximum Gasteiger partial charge on any atom is 0.137 e. The lowest BCUT2D eigenvalue weighted by Crippen LogP contribution is -2.03. The Bertz CT molecular complexity index is 323. The molecule has 2 nitrogen and oxygen atoms in total. The monoisotopic (exact) mass is 181 g/mol. The second-order valence-electron chi connectivity index (χ2n) is 2.91. The summed E-state index contributed by atoms with van der Waals surface area (Å²) in [6.45, 7) is 1.79. The third-order valence-electron chi connectivity index (χ3n) is 1.89. The fourth-order valence-corrected chi connectivity index (χ4v) is 1.06. The summed E-state index contributed by atoms with van der Waals surface area (Å²) in [6.07, 6.45) is 0.777. The SMILES string of the molecule is CCC(=O)Cc1ccc(F)cc1N. The molecule has 3 heteroatoms. The van der Waals surface area contributed by atoms with Crippen molar-refractivity contribution in [1.29, 1.82) is 0 Å². The molecule has 1 aromatic rings. The summed E-state index contributed by atoms with van der Waals surface area (Å²) in [4.78, 5) is 11.1. The van der Waals surface area contributed by atoms with Crippen molar-refractivity contribution in [3.05, 3.63) is 29.6 Å². The molecule has 0 fully saturated rings. The van der Waals surface area contributed by atoms with Crippen molar-refractivity contribution in [3.63, 3.8) is 0 Å². The van der Waals surface area contributed by atoms with Gasteiger partial charge in [0, 0.05) is 18.5 Å².